The van der Waals surface area contributed by atoms with Gasteiger partial charge >= 0.3 is 5.97 Å². The third-order valence-corrected chi connectivity index (χ3v) is 2.17. The number of carboxylic acid groups (broad SMARTS) is 1. The number of hydrogen-bond donors (Lipinski definition) is 2. The number of carbonyl (C=O) groups is 1. The number of aliphatic hydroxyl groups is 1. The average Bonchev–Trinajstić information content (AvgIpc) is 2.08. The van der Waals surface area contributed by atoms with Crippen molar-refractivity contribution in [3.05, 3.63) is 34.9 Å². The van der Waals surface area contributed by atoms with E-state index in [9.17, 15) is 9.90 Å². The average molecular weight is 215 g/mol. The van der Waals surface area contributed by atoms with E-state index in [2.05, 4.69) is 0 Å². The molecule has 0 saturated heterocycles. The van der Waals surface area contributed by atoms with Crippen LogP contribution in [0.4, 0.5) is 0 Å². The molecule has 1 aromatic rings. The predicted molar refractivity (Wildman–Crippen MR) is 53.4 cm³/mol. The Morgan fingerprint density at radius 2 is 1.93 bits per heavy atom. The van der Waals surface area contributed by atoms with Crippen LogP contribution in [0.15, 0.2) is 24.3 Å². The Balaban J connectivity index is 2.79. The van der Waals surface area contributed by atoms with Crippen molar-refractivity contribution in [2.75, 3.05) is 0 Å². The smallest absolute Gasteiger partial charge is 0.335 e. The Hall–Kier alpha value is -1.06. The third kappa shape index (κ3) is 2.72. The van der Waals surface area contributed by atoms with Gasteiger partial charge in [0.25, 0.3) is 0 Å². The molecule has 0 aliphatic carbocycles. The molecule has 1 atom stereocenters. The summed E-state index contributed by atoms with van der Waals surface area (Å²) in [6.07, 6.45) is 0.0690. The minimum atomic E-state index is -1.73. The molecular weight excluding hydrogens is 204 g/mol. The number of hydrogen-bond acceptors (Lipinski definition) is 2. The summed E-state index contributed by atoms with van der Waals surface area (Å²) in [7, 11) is 0. The second kappa shape index (κ2) is 3.98. The second-order valence-corrected chi connectivity index (χ2v) is 3.82. The molecule has 1 aromatic carbocycles. The minimum absolute atomic E-state index is 0.0690. The van der Waals surface area contributed by atoms with Crippen molar-refractivity contribution in [2.45, 2.75) is 18.9 Å². The molecule has 0 aliphatic rings. The molecule has 0 saturated carbocycles. The van der Waals surface area contributed by atoms with Crippen molar-refractivity contribution < 1.29 is 15.0 Å². The van der Waals surface area contributed by atoms with Gasteiger partial charge in [-0.05, 0) is 24.6 Å². The molecule has 2 N–H and O–H groups in total. The van der Waals surface area contributed by atoms with Crippen LogP contribution in [0.1, 0.15) is 12.5 Å². The topological polar surface area (TPSA) is 57.5 Å². The van der Waals surface area contributed by atoms with Crippen molar-refractivity contribution in [1.82, 2.24) is 0 Å². The lowest BCUT2D eigenvalue weighted by Crippen LogP contribution is -2.37. The van der Waals surface area contributed by atoms with Crippen LogP contribution in [0.5, 0.6) is 0 Å². The molecule has 4 heteroatoms. The standard InChI is InChI=1S/C10H11ClO3/c1-10(14,9(12)13)6-7-2-4-8(11)5-3-7/h2-5,14H,6H2,1H3,(H,12,13). The molecule has 14 heavy (non-hydrogen) atoms. The molecule has 0 aromatic heterocycles. The molecule has 0 aliphatic heterocycles. The predicted octanol–water partition coefficient (Wildman–Crippen LogP) is 1.72. The molecule has 0 amide bonds. The summed E-state index contributed by atoms with van der Waals surface area (Å²) in [4.78, 5) is 10.6. The Kier molecular flexibility index (Phi) is 3.13. The highest BCUT2D eigenvalue weighted by Crippen LogP contribution is 2.16. The summed E-state index contributed by atoms with van der Waals surface area (Å²) in [6, 6.07) is 6.71. The first-order valence-electron chi connectivity index (χ1n) is 4.12. The van der Waals surface area contributed by atoms with Gasteiger partial charge in [0.05, 0.1) is 0 Å². The number of benzene rings is 1. The van der Waals surface area contributed by atoms with Gasteiger partial charge in [-0.3, -0.25) is 0 Å². The molecule has 1 rings (SSSR count). The third-order valence-electron chi connectivity index (χ3n) is 1.92. The maximum atomic E-state index is 10.6. The van der Waals surface area contributed by atoms with Crippen LogP contribution < -0.4 is 0 Å². The Morgan fingerprint density at radius 1 is 1.43 bits per heavy atom. The molecular formula is C10H11ClO3. The molecule has 0 fully saturated rings. The summed E-state index contributed by atoms with van der Waals surface area (Å²) in [5.74, 6) is -1.23. The summed E-state index contributed by atoms with van der Waals surface area (Å²) < 4.78 is 0. The summed E-state index contributed by atoms with van der Waals surface area (Å²) in [5.41, 5.74) is -0.991. The van der Waals surface area contributed by atoms with Crippen LogP contribution in [-0.4, -0.2) is 21.8 Å². The van der Waals surface area contributed by atoms with Crippen LogP contribution >= 0.6 is 11.6 Å². The number of rotatable bonds is 3. The second-order valence-electron chi connectivity index (χ2n) is 3.38. The summed E-state index contributed by atoms with van der Waals surface area (Å²) in [5, 5.41) is 18.7. The first-order chi connectivity index (χ1) is 6.42. The molecule has 0 radical (unpaired) electrons. The quantitative estimate of drug-likeness (QED) is 0.806. The van der Waals surface area contributed by atoms with E-state index in [1.807, 2.05) is 0 Å². The van der Waals surface area contributed by atoms with E-state index in [-0.39, 0.29) is 6.42 Å². The highest BCUT2D eigenvalue weighted by Gasteiger charge is 2.29. The van der Waals surface area contributed by atoms with E-state index in [4.69, 9.17) is 16.7 Å². The first-order valence-corrected chi connectivity index (χ1v) is 4.50. The Bertz CT molecular complexity index is 330. The van der Waals surface area contributed by atoms with Gasteiger partial charge in [-0.2, -0.15) is 0 Å². The van der Waals surface area contributed by atoms with E-state index in [0.29, 0.717) is 5.02 Å². The molecule has 76 valence electrons. The number of aliphatic carboxylic acids is 1. The molecule has 0 spiro atoms. The highest BCUT2D eigenvalue weighted by molar-refractivity contribution is 6.30. The van der Waals surface area contributed by atoms with Gasteiger partial charge in [-0.25, -0.2) is 4.79 Å². The maximum Gasteiger partial charge on any atom is 0.335 e. The van der Waals surface area contributed by atoms with Gasteiger partial charge in [0.1, 0.15) is 0 Å². The number of carboxylic acids is 1. The zero-order valence-corrected chi connectivity index (χ0v) is 8.45. The van der Waals surface area contributed by atoms with E-state index >= 15 is 0 Å². The Morgan fingerprint density at radius 3 is 2.36 bits per heavy atom. The van der Waals surface area contributed by atoms with Gasteiger partial charge in [0.2, 0.25) is 0 Å². The number of halogens is 1. The molecule has 1 unspecified atom stereocenters. The molecule has 0 bridgehead atoms. The van der Waals surface area contributed by atoms with Crippen molar-refractivity contribution in [1.29, 1.82) is 0 Å². The fourth-order valence-electron chi connectivity index (χ4n) is 1.08. The van der Waals surface area contributed by atoms with E-state index < -0.39 is 11.6 Å². The summed E-state index contributed by atoms with van der Waals surface area (Å²) in [6.45, 7) is 1.27. The van der Waals surface area contributed by atoms with Crippen molar-refractivity contribution in [2.24, 2.45) is 0 Å². The lowest BCUT2D eigenvalue weighted by atomic mass is 9.97. The highest BCUT2D eigenvalue weighted by atomic mass is 35.5. The zero-order chi connectivity index (χ0) is 10.8. The Labute approximate surface area is 86.9 Å². The van der Waals surface area contributed by atoms with Gasteiger partial charge in [0, 0.05) is 11.4 Å². The normalized spacial score (nSPS) is 14.8. The lowest BCUT2D eigenvalue weighted by Gasteiger charge is -2.17. The van der Waals surface area contributed by atoms with Crippen LogP contribution in [0, 0.1) is 0 Å². The van der Waals surface area contributed by atoms with Crippen LogP contribution in [0.3, 0.4) is 0 Å². The van der Waals surface area contributed by atoms with Gasteiger partial charge in [-0.15, -0.1) is 0 Å². The van der Waals surface area contributed by atoms with Crippen molar-refractivity contribution in [3.8, 4) is 0 Å². The van der Waals surface area contributed by atoms with E-state index in [1.165, 1.54) is 6.92 Å². The SMILES string of the molecule is CC(O)(Cc1ccc(Cl)cc1)C(=O)O. The van der Waals surface area contributed by atoms with Gasteiger partial charge in [0.15, 0.2) is 5.60 Å². The van der Waals surface area contributed by atoms with Crippen molar-refractivity contribution in [3.63, 3.8) is 0 Å². The molecule has 3 nitrogen and oxygen atoms in total. The monoisotopic (exact) mass is 214 g/mol. The van der Waals surface area contributed by atoms with Crippen LogP contribution in [-0.2, 0) is 11.2 Å². The maximum absolute atomic E-state index is 10.6. The largest absolute Gasteiger partial charge is 0.479 e. The fourth-order valence-corrected chi connectivity index (χ4v) is 1.20. The van der Waals surface area contributed by atoms with Crippen LogP contribution in [0.2, 0.25) is 5.02 Å². The lowest BCUT2D eigenvalue weighted by molar-refractivity contribution is -0.156. The first kappa shape index (κ1) is 11.0. The molecule has 0 heterocycles. The van der Waals surface area contributed by atoms with Gasteiger partial charge < -0.3 is 10.2 Å². The zero-order valence-electron chi connectivity index (χ0n) is 7.70. The van der Waals surface area contributed by atoms with E-state index in [1.54, 1.807) is 24.3 Å². The van der Waals surface area contributed by atoms with E-state index in [0.717, 1.165) is 5.56 Å². The fraction of sp³-hybridized carbons (Fsp3) is 0.300. The van der Waals surface area contributed by atoms with Crippen LogP contribution in [0.25, 0.3) is 0 Å². The summed E-state index contributed by atoms with van der Waals surface area (Å²) >= 11 is 5.67. The van der Waals surface area contributed by atoms with Crippen molar-refractivity contribution >= 4 is 17.6 Å². The van der Waals surface area contributed by atoms with Gasteiger partial charge in [-0.1, -0.05) is 23.7 Å². The minimum Gasteiger partial charge on any atom is -0.479 e.